The maximum absolute atomic E-state index is 10.6. The molecule has 14 heavy (non-hydrogen) atoms. The maximum Gasteiger partial charge on any atom is 0.231 e. The Morgan fingerprint density at radius 3 is 2.71 bits per heavy atom. The largest absolute Gasteiger partial charge is 0.508 e. The summed E-state index contributed by atoms with van der Waals surface area (Å²) in [4.78, 5) is 12.4. The van der Waals surface area contributed by atoms with Crippen LogP contribution in [0.4, 0.5) is 0 Å². The van der Waals surface area contributed by atoms with Crippen LogP contribution in [0.2, 0.25) is 0 Å². The summed E-state index contributed by atoms with van der Waals surface area (Å²) in [6.07, 6.45) is 0. The van der Waals surface area contributed by atoms with Crippen molar-refractivity contribution in [2.45, 2.75) is 6.54 Å². The van der Waals surface area contributed by atoms with E-state index in [0.29, 0.717) is 6.54 Å². The summed E-state index contributed by atoms with van der Waals surface area (Å²) >= 11 is 0. The van der Waals surface area contributed by atoms with Gasteiger partial charge < -0.3 is 10.8 Å². The van der Waals surface area contributed by atoms with E-state index in [1.807, 2.05) is 12.1 Å². The van der Waals surface area contributed by atoms with Gasteiger partial charge in [0.1, 0.15) is 5.75 Å². The molecule has 4 heteroatoms. The van der Waals surface area contributed by atoms with Gasteiger partial charge in [-0.2, -0.15) is 0 Å². The Bertz CT molecular complexity index is 326. The Kier molecular flexibility index (Phi) is 3.48. The molecule has 0 spiro atoms. The van der Waals surface area contributed by atoms with Gasteiger partial charge in [-0.25, -0.2) is 0 Å². The van der Waals surface area contributed by atoms with E-state index in [1.54, 1.807) is 24.1 Å². The number of likely N-dealkylation sites (N-methyl/N-ethyl adjacent to an activating group) is 1. The molecular formula is C10H14N2O2. The number of hydrogen-bond donors (Lipinski definition) is 2. The number of amides is 1. The molecule has 4 nitrogen and oxygen atoms in total. The highest BCUT2D eigenvalue weighted by Gasteiger charge is 2.05. The minimum atomic E-state index is -0.372. The van der Waals surface area contributed by atoms with Crippen molar-refractivity contribution >= 4 is 5.91 Å². The van der Waals surface area contributed by atoms with E-state index in [0.717, 1.165) is 5.56 Å². The quantitative estimate of drug-likeness (QED) is 0.725. The first-order valence-electron chi connectivity index (χ1n) is 4.33. The number of carbonyl (C=O) groups excluding carboxylic acids is 1. The van der Waals surface area contributed by atoms with Gasteiger partial charge in [-0.3, -0.25) is 9.69 Å². The molecule has 3 N–H and O–H groups in total. The van der Waals surface area contributed by atoms with Gasteiger partial charge in [0, 0.05) is 12.1 Å². The minimum absolute atomic E-state index is 0.189. The number of aromatic hydroxyl groups is 1. The van der Waals surface area contributed by atoms with E-state index in [-0.39, 0.29) is 18.2 Å². The number of nitrogens with zero attached hydrogens (tertiary/aromatic N) is 1. The first-order valence-corrected chi connectivity index (χ1v) is 4.33. The molecule has 0 saturated carbocycles. The molecule has 76 valence electrons. The Balaban J connectivity index is 2.60. The number of rotatable bonds is 4. The molecule has 0 saturated heterocycles. The molecule has 1 aromatic carbocycles. The third kappa shape index (κ3) is 3.06. The molecule has 0 aliphatic carbocycles. The lowest BCUT2D eigenvalue weighted by Gasteiger charge is -2.14. The van der Waals surface area contributed by atoms with Crippen LogP contribution >= 0.6 is 0 Å². The molecule has 0 aromatic heterocycles. The lowest BCUT2D eigenvalue weighted by Crippen LogP contribution is -2.30. The van der Waals surface area contributed by atoms with Crippen molar-refractivity contribution < 1.29 is 9.90 Å². The number of phenolic OH excluding ortho intramolecular Hbond substituents is 1. The predicted octanol–water partition coefficient (Wildman–Crippen LogP) is 0.309. The van der Waals surface area contributed by atoms with E-state index in [4.69, 9.17) is 5.73 Å². The minimum Gasteiger partial charge on any atom is -0.508 e. The van der Waals surface area contributed by atoms with Crippen molar-refractivity contribution in [2.24, 2.45) is 5.73 Å². The van der Waals surface area contributed by atoms with Crippen LogP contribution in [0, 0.1) is 0 Å². The summed E-state index contributed by atoms with van der Waals surface area (Å²) in [5.74, 6) is -0.133. The molecule has 1 aromatic rings. The van der Waals surface area contributed by atoms with Crippen molar-refractivity contribution in [1.82, 2.24) is 4.90 Å². The smallest absolute Gasteiger partial charge is 0.231 e. The molecule has 0 heterocycles. The van der Waals surface area contributed by atoms with Gasteiger partial charge in [-0.15, -0.1) is 0 Å². The molecule has 0 atom stereocenters. The topological polar surface area (TPSA) is 66.6 Å². The Labute approximate surface area is 82.9 Å². The van der Waals surface area contributed by atoms with Crippen molar-refractivity contribution in [3.63, 3.8) is 0 Å². The molecule has 0 aliphatic heterocycles. The third-order valence-corrected chi connectivity index (χ3v) is 1.86. The zero-order valence-corrected chi connectivity index (χ0v) is 8.10. The van der Waals surface area contributed by atoms with Crippen molar-refractivity contribution in [3.8, 4) is 5.75 Å². The summed E-state index contributed by atoms with van der Waals surface area (Å²) in [6, 6.07) is 7.03. The highest BCUT2D eigenvalue weighted by molar-refractivity contribution is 5.75. The standard InChI is InChI=1S/C10H14N2O2/c1-12(7-10(11)14)6-8-4-2-3-5-9(8)13/h2-5,13H,6-7H2,1H3,(H2,11,14). The average Bonchev–Trinajstić information content (AvgIpc) is 2.07. The van der Waals surface area contributed by atoms with Gasteiger partial charge in [-0.1, -0.05) is 18.2 Å². The molecule has 1 rings (SSSR count). The summed E-state index contributed by atoms with van der Waals surface area (Å²) in [6.45, 7) is 0.698. The Hall–Kier alpha value is -1.55. The monoisotopic (exact) mass is 194 g/mol. The van der Waals surface area contributed by atoms with Gasteiger partial charge in [0.05, 0.1) is 6.54 Å². The zero-order valence-electron chi connectivity index (χ0n) is 8.10. The van der Waals surface area contributed by atoms with E-state index in [1.165, 1.54) is 0 Å². The summed E-state index contributed by atoms with van der Waals surface area (Å²) in [5, 5.41) is 9.45. The lowest BCUT2D eigenvalue weighted by atomic mass is 10.2. The van der Waals surface area contributed by atoms with E-state index in [9.17, 15) is 9.90 Å². The van der Waals surface area contributed by atoms with Crippen LogP contribution in [0.25, 0.3) is 0 Å². The first kappa shape index (κ1) is 10.5. The van der Waals surface area contributed by atoms with Crippen molar-refractivity contribution in [2.75, 3.05) is 13.6 Å². The van der Waals surface area contributed by atoms with Crippen LogP contribution in [0.3, 0.4) is 0 Å². The van der Waals surface area contributed by atoms with Crippen LogP contribution < -0.4 is 5.73 Å². The second-order valence-corrected chi connectivity index (χ2v) is 3.27. The highest BCUT2D eigenvalue weighted by Crippen LogP contribution is 2.16. The van der Waals surface area contributed by atoms with Crippen LogP contribution in [-0.4, -0.2) is 29.5 Å². The van der Waals surface area contributed by atoms with Gasteiger partial charge in [0.15, 0.2) is 0 Å². The fourth-order valence-electron chi connectivity index (χ4n) is 1.26. The van der Waals surface area contributed by atoms with E-state index in [2.05, 4.69) is 0 Å². The van der Waals surface area contributed by atoms with E-state index >= 15 is 0 Å². The Morgan fingerprint density at radius 1 is 1.50 bits per heavy atom. The molecule has 0 radical (unpaired) electrons. The molecule has 1 amide bonds. The van der Waals surface area contributed by atoms with Crippen LogP contribution in [0.5, 0.6) is 5.75 Å². The number of phenols is 1. The second-order valence-electron chi connectivity index (χ2n) is 3.27. The number of primary amides is 1. The first-order chi connectivity index (χ1) is 6.59. The van der Waals surface area contributed by atoms with Gasteiger partial charge >= 0.3 is 0 Å². The van der Waals surface area contributed by atoms with Crippen molar-refractivity contribution in [1.29, 1.82) is 0 Å². The van der Waals surface area contributed by atoms with Gasteiger partial charge in [0.25, 0.3) is 0 Å². The predicted molar refractivity (Wildman–Crippen MR) is 53.6 cm³/mol. The molecule has 0 fully saturated rings. The van der Waals surface area contributed by atoms with E-state index < -0.39 is 0 Å². The molecular weight excluding hydrogens is 180 g/mol. The fraction of sp³-hybridized carbons (Fsp3) is 0.300. The highest BCUT2D eigenvalue weighted by atomic mass is 16.3. The fourth-order valence-corrected chi connectivity index (χ4v) is 1.26. The number of hydrogen-bond acceptors (Lipinski definition) is 3. The summed E-state index contributed by atoms with van der Waals surface area (Å²) in [7, 11) is 1.78. The van der Waals surface area contributed by atoms with Crippen molar-refractivity contribution in [3.05, 3.63) is 29.8 Å². The third-order valence-electron chi connectivity index (χ3n) is 1.86. The number of nitrogens with two attached hydrogens (primary N) is 1. The Morgan fingerprint density at radius 2 is 2.14 bits per heavy atom. The second kappa shape index (κ2) is 4.62. The zero-order chi connectivity index (χ0) is 10.6. The average molecular weight is 194 g/mol. The number of benzene rings is 1. The van der Waals surface area contributed by atoms with Crippen LogP contribution in [0.1, 0.15) is 5.56 Å². The van der Waals surface area contributed by atoms with Crippen LogP contribution in [0.15, 0.2) is 24.3 Å². The summed E-state index contributed by atoms with van der Waals surface area (Å²) in [5.41, 5.74) is 5.83. The summed E-state index contributed by atoms with van der Waals surface area (Å²) < 4.78 is 0. The molecule has 0 aliphatic rings. The number of carbonyl (C=O) groups is 1. The normalized spacial score (nSPS) is 10.4. The maximum atomic E-state index is 10.6. The van der Waals surface area contributed by atoms with Gasteiger partial charge in [-0.05, 0) is 13.1 Å². The molecule has 0 unspecified atom stereocenters. The molecule has 0 bridgehead atoms. The van der Waals surface area contributed by atoms with Crippen LogP contribution in [-0.2, 0) is 11.3 Å². The lowest BCUT2D eigenvalue weighted by molar-refractivity contribution is -0.118. The SMILES string of the molecule is CN(CC(N)=O)Cc1ccccc1O. The number of para-hydroxylation sites is 1. The van der Waals surface area contributed by atoms with Gasteiger partial charge in [0.2, 0.25) is 5.91 Å².